The van der Waals surface area contributed by atoms with E-state index in [0.717, 1.165) is 4.68 Å². The van der Waals surface area contributed by atoms with Gasteiger partial charge in [-0.25, -0.2) is 9.48 Å². The number of aliphatic hydroxyl groups excluding tert-OH is 1. The average molecular weight is 233 g/mol. The zero-order chi connectivity index (χ0) is 12.3. The molecule has 0 amide bonds. The molecule has 2 heterocycles. The van der Waals surface area contributed by atoms with Crippen molar-refractivity contribution < 1.29 is 14.6 Å². The van der Waals surface area contributed by atoms with E-state index in [1.807, 2.05) is 6.07 Å². The molecular weight excluding hydrogens is 222 g/mol. The molecule has 2 aromatic heterocycles. The summed E-state index contributed by atoms with van der Waals surface area (Å²) in [6, 6.07) is 6.90. The van der Waals surface area contributed by atoms with Crippen LogP contribution in [0.1, 0.15) is 10.5 Å². The Kier molecular flexibility index (Phi) is 3.15. The van der Waals surface area contributed by atoms with Gasteiger partial charge < -0.3 is 9.84 Å². The third kappa shape index (κ3) is 2.16. The second-order valence-corrected chi connectivity index (χ2v) is 3.26. The summed E-state index contributed by atoms with van der Waals surface area (Å²) in [7, 11) is 1.28. The smallest absolute Gasteiger partial charge is 0.356 e. The number of rotatable bonds is 3. The number of nitrogens with zero attached hydrogens (tertiary/aromatic N) is 3. The van der Waals surface area contributed by atoms with E-state index in [4.69, 9.17) is 5.11 Å². The number of carbonyl (C=O) groups excluding carboxylic acids is 1. The Balaban J connectivity index is 2.45. The highest BCUT2D eigenvalue weighted by atomic mass is 16.5. The van der Waals surface area contributed by atoms with Gasteiger partial charge in [0.05, 0.1) is 12.8 Å². The van der Waals surface area contributed by atoms with Crippen LogP contribution in [-0.4, -0.2) is 33.0 Å². The molecule has 2 aromatic rings. The Morgan fingerprint density at radius 2 is 2.29 bits per heavy atom. The molecule has 0 saturated heterocycles. The van der Waals surface area contributed by atoms with Crippen molar-refractivity contribution in [2.24, 2.45) is 0 Å². The lowest BCUT2D eigenvalue weighted by molar-refractivity contribution is 0.0573. The minimum absolute atomic E-state index is 0.190. The number of ether oxygens (including phenoxy) is 1. The normalized spacial score (nSPS) is 10.2. The first-order valence-corrected chi connectivity index (χ1v) is 4.94. The Hall–Kier alpha value is -2.21. The number of hydrogen-bond donors (Lipinski definition) is 1. The monoisotopic (exact) mass is 233 g/mol. The maximum atomic E-state index is 11.4. The van der Waals surface area contributed by atoms with E-state index in [2.05, 4.69) is 14.8 Å². The fraction of sp³-hybridized carbons (Fsp3) is 0.182. The van der Waals surface area contributed by atoms with Gasteiger partial charge in [0.15, 0.2) is 0 Å². The van der Waals surface area contributed by atoms with Crippen molar-refractivity contribution in [2.75, 3.05) is 7.11 Å². The fourth-order valence-corrected chi connectivity index (χ4v) is 1.43. The predicted octanol–water partition coefficient (Wildman–Crippen LogP) is 0.681. The average Bonchev–Trinajstić information content (AvgIpc) is 2.83. The second-order valence-electron chi connectivity index (χ2n) is 3.26. The first kappa shape index (κ1) is 11.3. The van der Waals surface area contributed by atoms with E-state index in [-0.39, 0.29) is 5.69 Å². The van der Waals surface area contributed by atoms with Crippen LogP contribution in [0.3, 0.4) is 0 Å². The fourth-order valence-electron chi connectivity index (χ4n) is 1.43. The van der Waals surface area contributed by atoms with Crippen LogP contribution in [0.15, 0.2) is 30.5 Å². The molecule has 1 N–H and O–H groups in total. The van der Waals surface area contributed by atoms with Crippen molar-refractivity contribution in [3.63, 3.8) is 0 Å². The molecule has 0 fully saturated rings. The standard InChI is InChI=1S/C11H11N3O3/c1-17-11(16)10-6-9(13-14(10)7-15)8-4-2-3-5-12-8/h2-6,15H,7H2,1H3. The molecule has 0 aliphatic heterocycles. The van der Waals surface area contributed by atoms with Gasteiger partial charge in [0.2, 0.25) is 0 Å². The molecule has 6 nitrogen and oxygen atoms in total. The molecule has 0 unspecified atom stereocenters. The Labute approximate surface area is 97.5 Å². The molecule has 0 bridgehead atoms. The van der Waals surface area contributed by atoms with Gasteiger partial charge in [-0.1, -0.05) is 6.07 Å². The third-order valence-electron chi connectivity index (χ3n) is 2.24. The molecule has 0 radical (unpaired) electrons. The lowest BCUT2D eigenvalue weighted by Crippen LogP contribution is -2.11. The summed E-state index contributed by atoms with van der Waals surface area (Å²) in [4.78, 5) is 15.5. The van der Waals surface area contributed by atoms with Crippen LogP contribution in [-0.2, 0) is 11.5 Å². The highest BCUT2D eigenvalue weighted by Gasteiger charge is 2.16. The van der Waals surface area contributed by atoms with E-state index >= 15 is 0 Å². The van der Waals surface area contributed by atoms with E-state index in [9.17, 15) is 4.79 Å². The van der Waals surface area contributed by atoms with Crippen LogP contribution in [0, 0.1) is 0 Å². The molecule has 2 rings (SSSR count). The maximum Gasteiger partial charge on any atom is 0.356 e. The summed E-state index contributed by atoms with van der Waals surface area (Å²) in [6.45, 7) is -0.392. The first-order valence-electron chi connectivity index (χ1n) is 4.94. The topological polar surface area (TPSA) is 77.2 Å². The van der Waals surface area contributed by atoms with E-state index < -0.39 is 12.7 Å². The predicted molar refractivity (Wildman–Crippen MR) is 59.0 cm³/mol. The molecule has 0 aliphatic carbocycles. The minimum atomic E-state index is -0.547. The van der Waals surface area contributed by atoms with E-state index in [1.165, 1.54) is 13.2 Å². The van der Waals surface area contributed by atoms with Crippen LogP contribution >= 0.6 is 0 Å². The summed E-state index contributed by atoms with van der Waals surface area (Å²) < 4.78 is 5.76. The van der Waals surface area contributed by atoms with Crippen molar-refractivity contribution in [3.05, 3.63) is 36.2 Å². The number of esters is 1. The van der Waals surface area contributed by atoms with Gasteiger partial charge in [0, 0.05) is 12.3 Å². The van der Waals surface area contributed by atoms with Gasteiger partial charge in [-0.05, 0) is 12.1 Å². The Morgan fingerprint density at radius 3 is 2.88 bits per heavy atom. The van der Waals surface area contributed by atoms with Crippen LogP contribution in [0.5, 0.6) is 0 Å². The molecule has 0 saturated carbocycles. The molecular formula is C11H11N3O3. The van der Waals surface area contributed by atoms with Gasteiger partial charge in [-0.3, -0.25) is 4.98 Å². The van der Waals surface area contributed by atoms with Gasteiger partial charge in [0.25, 0.3) is 0 Å². The zero-order valence-corrected chi connectivity index (χ0v) is 9.20. The van der Waals surface area contributed by atoms with Crippen LogP contribution in [0.4, 0.5) is 0 Å². The number of carbonyl (C=O) groups is 1. The summed E-state index contributed by atoms with van der Waals surface area (Å²) in [5.74, 6) is -0.547. The zero-order valence-electron chi connectivity index (χ0n) is 9.20. The van der Waals surface area contributed by atoms with Crippen molar-refractivity contribution in [1.29, 1.82) is 0 Å². The molecule has 0 spiro atoms. The molecule has 0 aliphatic rings. The number of pyridine rings is 1. The number of hydrogen-bond acceptors (Lipinski definition) is 5. The molecule has 88 valence electrons. The molecule has 0 atom stereocenters. The van der Waals surface area contributed by atoms with Crippen molar-refractivity contribution in [2.45, 2.75) is 6.73 Å². The molecule has 6 heteroatoms. The van der Waals surface area contributed by atoms with Crippen molar-refractivity contribution in [1.82, 2.24) is 14.8 Å². The highest BCUT2D eigenvalue weighted by Crippen LogP contribution is 2.16. The number of aliphatic hydroxyl groups is 1. The van der Waals surface area contributed by atoms with Crippen LogP contribution < -0.4 is 0 Å². The molecule has 17 heavy (non-hydrogen) atoms. The van der Waals surface area contributed by atoms with Crippen LogP contribution in [0.25, 0.3) is 11.4 Å². The third-order valence-corrected chi connectivity index (χ3v) is 2.24. The van der Waals surface area contributed by atoms with E-state index in [1.54, 1.807) is 18.3 Å². The highest BCUT2D eigenvalue weighted by molar-refractivity contribution is 5.88. The quantitative estimate of drug-likeness (QED) is 0.789. The SMILES string of the molecule is COC(=O)c1cc(-c2ccccn2)nn1CO. The van der Waals surface area contributed by atoms with Crippen molar-refractivity contribution in [3.8, 4) is 11.4 Å². The Bertz CT molecular complexity index is 522. The molecule has 0 aromatic carbocycles. The van der Waals surface area contributed by atoms with Gasteiger partial charge in [0.1, 0.15) is 18.1 Å². The second kappa shape index (κ2) is 4.75. The number of aromatic nitrogens is 3. The minimum Gasteiger partial charge on any atom is -0.464 e. The summed E-state index contributed by atoms with van der Waals surface area (Å²) in [5.41, 5.74) is 1.33. The van der Waals surface area contributed by atoms with Gasteiger partial charge in [-0.2, -0.15) is 5.10 Å². The Morgan fingerprint density at radius 1 is 1.47 bits per heavy atom. The van der Waals surface area contributed by atoms with E-state index in [0.29, 0.717) is 11.4 Å². The summed E-state index contributed by atoms with van der Waals surface area (Å²) >= 11 is 0. The van der Waals surface area contributed by atoms with Gasteiger partial charge >= 0.3 is 5.97 Å². The lowest BCUT2D eigenvalue weighted by Gasteiger charge is -2.00. The maximum absolute atomic E-state index is 11.4. The van der Waals surface area contributed by atoms with Gasteiger partial charge in [-0.15, -0.1) is 0 Å². The van der Waals surface area contributed by atoms with Crippen molar-refractivity contribution >= 4 is 5.97 Å². The lowest BCUT2D eigenvalue weighted by atomic mass is 10.2. The first-order chi connectivity index (χ1) is 8.26. The van der Waals surface area contributed by atoms with Crippen LogP contribution in [0.2, 0.25) is 0 Å². The number of methoxy groups -OCH3 is 1. The summed E-state index contributed by atoms with van der Waals surface area (Å²) in [5, 5.41) is 13.2. The largest absolute Gasteiger partial charge is 0.464 e. The summed E-state index contributed by atoms with van der Waals surface area (Å²) in [6.07, 6.45) is 1.63.